The fourth-order valence-corrected chi connectivity index (χ4v) is 2.35. The van der Waals surface area contributed by atoms with Crippen molar-refractivity contribution in [3.8, 4) is 0 Å². The molecule has 0 fully saturated rings. The van der Waals surface area contributed by atoms with Crippen molar-refractivity contribution in [2.75, 3.05) is 17.1 Å². The van der Waals surface area contributed by atoms with Gasteiger partial charge in [0.25, 0.3) is 0 Å². The van der Waals surface area contributed by atoms with Crippen LogP contribution in [0.15, 0.2) is 24.3 Å². The first-order chi connectivity index (χ1) is 7.33. The highest BCUT2D eigenvalue weighted by molar-refractivity contribution is 7.90. The largest absolute Gasteiger partial charge is 0.399 e. The first-order valence-electron chi connectivity index (χ1n) is 4.94. The van der Waals surface area contributed by atoms with Crippen LogP contribution in [0.1, 0.15) is 13.8 Å². The smallest absolute Gasteiger partial charge is 0.301 e. The number of nitrogens with zero attached hydrogens (tertiary/aromatic N) is 1. The fraction of sp³-hybridized carbons (Fsp3) is 0.400. The summed E-state index contributed by atoms with van der Waals surface area (Å²) in [4.78, 5) is 0. The van der Waals surface area contributed by atoms with Crippen LogP contribution in [0.4, 0.5) is 11.4 Å². The molecule has 0 aliphatic heterocycles. The van der Waals surface area contributed by atoms with Gasteiger partial charge in [-0.05, 0) is 38.1 Å². The predicted molar refractivity (Wildman–Crippen MR) is 66.4 cm³/mol. The van der Waals surface area contributed by atoms with Crippen LogP contribution in [-0.4, -0.2) is 21.5 Å². The van der Waals surface area contributed by atoms with Crippen LogP contribution in [-0.2, 0) is 10.2 Å². The maximum atomic E-state index is 11.8. The number of nitrogen functional groups attached to an aromatic ring is 1. The Bertz CT molecular complexity index is 440. The van der Waals surface area contributed by atoms with Gasteiger partial charge in [0, 0.05) is 18.8 Å². The van der Waals surface area contributed by atoms with Crippen LogP contribution in [0.3, 0.4) is 0 Å². The van der Waals surface area contributed by atoms with Crippen molar-refractivity contribution in [1.29, 1.82) is 0 Å². The second kappa shape index (κ2) is 4.71. The molecular weight excluding hydrogens is 226 g/mol. The molecule has 0 aliphatic carbocycles. The minimum atomic E-state index is -3.48. The monoisotopic (exact) mass is 243 g/mol. The lowest BCUT2D eigenvalue weighted by molar-refractivity contribution is 0.568. The first kappa shape index (κ1) is 12.8. The van der Waals surface area contributed by atoms with Crippen molar-refractivity contribution >= 4 is 21.6 Å². The van der Waals surface area contributed by atoms with Gasteiger partial charge in [-0.15, -0.1) is 0 Å². The molecule has 5 nitrogen and oxygen atoms in total. The molecule has 0 aromatic heterocycles. The van der Waals surface area contributed by atoms with E-state index in [1.807, 2.05) is 0 Å². The molecular formula is C10H17N3O2S. The van der Waals surface area contributed by atoms with Crippen molar-refractivity contribution in [1.82, 2.24) is 4.72 Å². The molecule has 16 heavy (non-hydrogen) atoms. The summed E-state index contributed by atoms with van der Waals surface area (Å²) in [5.74, 6) is 0. The molecule has 1 aromatic rings. The van der Waals surface area contributed by atoms with Gasteiger partial charge in [0.05, 0.1) is 5.69 Å². The third-order valence-electron chi connectivity index (χ3n) is 2.00. The molecule has 1 aromatic carbocycles. The van der Waals surface area contributed by atoms with Gasteiger partial charge in [0.2, 0.25) is 0 Å². The summed E-state index contributed by atoms with van der Waals surface area (Å²) in [5, 5.41) is 0. The Kier molecular flexibility index (Phi) is 3.77. The summed E-state index contributed by atoms with van der Waals surface area (Å²) in [6.45, 7) is 3.54. The van der Waals surface area contributed by atoms with E-state index in [1.54, 1.807) is 38.1 Å². The zero-order chi connectivity index (χ0) is 12.3. The average Bonchev–Trinajstić information content (AvgIpc) is 2.16. The Balaban J connectivity index is 2.93. The number of nitrogens with two attached hydrogens (primary N) is 1. The molecule has 0 bridgehead atoms. The van der Waals surface area contributed by atoms with E-state index in [2.05, 4.69) is 4.72 Å². The number of benzene rings is 1. The quantitative estimate of drug-likeness (QED) is 0.773. The van der Waals surface area contributed by atoms with Crippen LogP contribution in [0, 0.1) is 0 Å². The van der Waals surface area contributed by atoms with Gasteiger partial charge in [-0.25, -0.2) is 0 Å². The zero-order valence-corrected chi connectivity index (χ0v) is 10.5. The number of hydrogen-bond acceptors (Lipinski definition) is 3. The lowest BCUT2D eigenvalue weighted by Gasteiger charge is -2.21. The minimum Gasteiger partial charge on any atom is -0.399 e. The number of nitrogens with one attached hydrogen (secondary N) is 1. The maximum Gasteiger partial charge on any atom is 0.301 e. The molecule has 0 saturated carbocycles. The third-order valence-corrected chi connectivity index (χ3v) is 3.70. The third kappa shape index (κ3) is 3.11. The van der Waals surface area contributed by atoms with E-state index in [-0.39, 0.29) is 6.04 Å². The molecule has 90 valence electrons. The Morgan fingerprint density at radius 2 is 1.75 bits per heavy atom. The van der Waals surface area contributed by atoms with E-state index in [9.17, 15) is 8.42 Å². The highest BCUT2D eigenvalue weighted by Gasteiger charge is 2.18. The molecule has 3 N–H and O–H groups in total. The fourth-order valence-electron chi connectivity index (χ4n) is 1.20. The zero-order valence-electron chi connectivity index (χ0n) is 9.64. The van der Waals surface area contributed by atoms with Gasteiger partial charge in [-0.3, -0.25) is 4.31 Å². The molecule has 0 aliphatic rings. The molecule has 6 heteroatoms. The van der Waals surface area contributed by atoms with Gasteiger partial charge in [0.1, 0.15) is 0 Å². The topological polar surface area (TPSA) is 75.4 Å². The van der Waals surface area contributed by atoms with E-state index in [4.69, 9.17) is 5.73 Å². The van der Waals surface area contributed by atoms with Crippen LogP contribution in [0.25, 0.3) is 0 Å². The van der Waals surface area contributed by atoms with E-state index >= 15 is 0 Å². The Morgan fingerprint density at radius 3 is 2.19 bits per heavy atom. The molecule has 0 atom stereocenters. The summed E-state index contributed by atoms with van der Waals surface area (Å²) >= 11 is 0. The van der Waals surface area contributed by atoms with Gasteiger partial charge in [-0.1, -0.05) is 0 Å². The van der Waals surface area contributed by atoms with Crippen molar-refractivity contribution < 1.29 is 8.42 Å². The number of rotatable bonds is 4. The van der Waals surface area contributed by atoms with Crippen LogP contribution in [0.2, 0.25) is 0 Å². The predicted octanol–water partition coefficient (Wildman–Crippen LogP) is 0.948. The molecule has 0 saturated heterocycles. The summed E-state index contributed by atoms with van der Waals surface area (Å²) in [6, 6.07) is 6.51. The SMILES string of the molecule is CC(C)NS(=O)(=O)N(C)c1ccc(N)cc1. The highest BCUT2D eigenvalue weighted by atomic mass is 32.2. The minimum absolute atomic E-state index is 0.138. The first-order valence-corrected chi connectivity index (χ1v) is 6.38. The molecule has 0 amide bonds. The summed E-state index contributed by atoms with van der Waals surface area (Å²) < 4.78 is 27.3. The van der Waals surface area contributed by atoms with Gasteiger partial charge in [0.15, 0.2) is 0 Å². The lowest BCUT2D eigenvalue weighted by Crippen LogP contribution is -2.41. The van der Waals surface area contributed by atoms with Gasteiger partial charge in [-0.2, -0.15) is 13.1 Å². The average molecular weight is 243 g/mol. The second-order valence-corrected chi connectivity index (χ2v) is 5.57. The second-order valence-electron chi connectivity index (χ2n) is 3.84. The van der Waals surface area contributed by atoms with Gasteiger partial charge < -0.3 is 5.73 Å². The van der Waals surface area contributed by atoms with E-state index in [0.29, 0.717) is 11.4 Å². The van der Waals surface area contributed by atoms with Crippen molar-refractivity contribution in [3.05, 3.63) is 24.3 Å². The van der Waals surface area contributed by atoms with E-state index in [0.717, 1.165) is 0 Å². The summed E-state index contributed by atoms with van der Waals surface area (Å²) in [6.07, 6.45) is 0. The number of hydrogen-bond donors (Lipinski definition) is 2. The summed E-state index contributed by atoms with van der Waals surface area (Å²) in [7, 11) is -1.99. The maximum absolute atomic E-state index is 11.8. The molecule has 0 radical (unpaired) electrons. The van der Waals surface area contributed by atoms with E-state index in [1.165, 1.54) is 11.4 Å². The Labute approximate surface area is 96.4 Å². The van der Waals surface area contributed by atoms with Crippen LogP contribution in [0.5, 0.6) is 0 Å². The normalized spacial score (nSPS) is 11.8. The highest BCUT2D eigenvalue weighted by Crippen LogP contribution is 2.17. The lowest BCUT2D eigenvalue weighted by atomic mass is 10.3. The molecule has 0 spiro atoms. The van der Waals surface area contributed by atoms with Gasteiger partial charge >= 0.3 is 10.2 Å². The Hall–Kier alpha value is -1.27. The van der Waals surface area contributed by atoms with Crippen LogP contribution < -0.4 is 14.8 Å². The van der Waals surface area contributed by atoms with Crippen molar-refractivity contribution in [3.63, 3.8) is 0 Å². The van der Waals surface area contributed by atoms with Crippen molar-refractivity contribution in [2.24, 2.45) is 0 Å². The van der Waals surface area contributed by atoms with Crippen molar-refractivity contribution in [2.45, 2.75) is 19.9 Å². The molecule has 0 heterocycles. The molecule has 1 rings (SSSR count). The number of anilines is 2. The van der Waals surface area contributed by atoms with E-state index < -0.39 is 10.2 Å². The summed E-state index contributed by atoms with van der Waals surface area (Å²) in [5.41, 5.74) is 6.71. The molecule has 0 unspecified atom stereocenters. The Morgan fingerprint density at radius 1 is 1.25 bits per heavy atom. The van der Waals surface area contributed by atoms with Crippen LogP contribution >= 0.6 is 0 Å². The standard InChI is InChI=1S/C10H17N3O2S/c1-8(2)12-16(14,15)13(3)10-6-4-9(11)5-7-10/h4-8,12H,11H2,1-3H3.